The van der Waals surface area contributed by atoms with E-state index in [1.165, 1.54) is 25.7 Å². The van der Waals surface area contributed by atoms with Crippen molar-refractivity contribution in [3.05, 3.63) is 27.4 Å². The molecule has 0 bridgehead atoms. The largest absolute Gasteiger partial charge is 0.345 e. The molecule has 1 aromatic rings. The van der Waals surface area contributed by atoms with E-state index in [1.54, 1.807) is 0 Å². The van der Waals surface area contributed by atoms with E-state index in [2.05, 4.69) is 14.9 Å². The maximum Gasteiger partial charge on any atom is 0.345 e. The fourth-order valence-corrected chi connectivity index (χ4v) is 4.20. The van der Waals surface area contributed by atoms with Crippen LogP contribution in [0.4, 0.5) is 0 Å². The summed E-state index contributed by atoms with van der Waals surface area (Å²) in [5.74, 6) is 0.888. The van der Waals surface area contributed by atoms with E-state index in [9.17, 15) is 9.59 Å². The van der Waals surface area contributed by atoms with Crippen LogP contribution in [0.1, 0.15) is 55.5 Å². The van der Waals surface area contributed by atoms with E-state index in [0.717, 1.165) is 30.6 Å². The smallest absolute Gasteiger partial charge is 0.339 e. The average Bonchev–Trinajstić information content (AvgIpc) is 2.50. The summed E-state index contributed by atoms with van der Waals surface area (Å²) in [6.07, 6.45) is 7.71. The fraction of sp³-hybridized carbons (Fsp3) is 0.706. The third kappa shape index (κ3) is 2.94. The lowest BCUT2D eigenvalue weighted by Crippen LogP contribution is -2.50. The van der Waals surface area contributed by atoms with Gasteiger partial charge in [0.15, 0.2) is 0 Å². The topological polar surface area (TPSA) is 66.1 Å². The van der Waals surface area contributed by atoms with Crippen LogP contribution in [0.15, 0.2) is 4.79 Å². The number of aromatic amines is 1. The number of fused-ring (bicyclic) bond motifs is 1. The molecule has 120 valence electrons. The van der Waals surface area contributed by atoms with Crippen molar-refractivity contribution in [3.8, 4) is 0 Å². The Labute approximate surface area is 131 Å². The van der Waals surface area contributed by atoms with Gasteiger partial charge in [0.2, 0.25) is 5.91 Å². The summed E-state index contributed by atoms with van der Waals surface area (Å²) >= 11 is 0. The molecule has 22 heavy (non-hydrogen) atoms. The first-order valence-corrected chi connectivity index (χ1v) is 8.42. The molecule has 3 rings (SSSR count). The van der Waals surface area contributed by atoms with Gasteiger partial charge >= 0.3 is 5.69 Å². The van der Waals surface area contributed by atoms with Crippen LogP contribution in [0.5, 0.6) is 0 Å². The number of H-pyrrole nitrogens is 1. The maximum atomic E-state index is 12.8. The second-order valence-corrected chi connectivity index (χ2v) is 6.75. The molecule has 2 heterocycles. The Morgan fingerprint density at radius 3 is 2.73 bits per heavy atom. The third-order valence-corrected chi connectivity index (χ3v) is 5.34. The van der Waals surface area contributed by atoms with Crippen molar-refractivity contribution < 1.29 is 4.79 Å². The van der Waals surface area contributed by atoms with Gasteiger partial charge in [-0.15, -0.1) is 0 Å². The number of hydrogen-bond donors (Lipinski definition) is 1. The van der Waals surface area contributed by atoms with Gasteiger partial charge in [-0.05, 0) is 45.4 Å². The minimum absolute atomic E-state index is 0.191. The summed E-state index contributed by atoms with van der Waals surface area (Å²) < 4.78 is 0. The molecule has 0 spiro atoms. The van der Waals surface area contributed by atoms with E-state index in [0.29, 0.717) is 24.1 Å². The molecular formula is C17H25N3O2. The normalized spacial score (nSPS) is 24.9. The molecule has 1 saturated carbocycles. The van der Waals surface area contributed by atoms with Gasteiger partial charge in [-0.3, -0.25) is 4.79 Å². The van der Waals surface area contributed by atoms with Crippen molar-refractivity contribution in [1.82, 2.24) is 14.9 Å². The SMILES string of the molecule is Cc1nc(=O)[nH]c(C)c1CC(=O)N1CCC[C@@H]2CCCC[C@@H]21. The van der Waals surface area contributed by atoms with Gasteiger partial charge < -0.3 is 9.88 Å². The monoisotopic (exact) mass is 303 g/mol. The van der Waals surface area contributed by atoms with Gasteiger partial charge in [0.1, 0.15) is 0 Å². The highest BCUT2D eigenvalue weighted by atomic mass is 16.2. The highest BCUT2D eigenvalue weighted by Crippen LogP contribution is 2.35. The van der Waals surface area contributed by atoms with E-state index in [1.807, 2.05) is 13.8 Å². The van der Waals surface area contributed by atoms with Gasteiger partial charge in [-0.1, -0.05) is 12.8 Å². The molecule has 2 fully saturated rings. The lowest BCUT2D eigenvalue weighted by atomic mass is 9.78. The molecule has 1 aromatic heterocycles. The summed E-state index contributed by atoms with van der Waals surface area (Å²) in [5.41, 5.74) is 1.98. The van der Waals surface area contributed by atoms with Crippen LogP contribution in [-0.2, 0) is 11.2 Å². The van der Waals surface area contributed by atoms with Crippen molar-refractivity contribution in [2.24, 2.45) is 5.92 Å². The lowest BCUT2D eigenvalue weighted by Gasteiger charge is -2.44. The zero-order valence-corrected chi connectivity index (χ0v) is 13.5. The number of carbonyl (C=O) groups is 1. The Morgan fingerprint density at radius 1 is 1.23 bits per heavy atom. The zero-order chi connectivity index (χ0) is 15.7. The molecule has 0 unspecified atom stereocenters. The van der Waals surface area contributed by atoms with Crippen LogP contribution < -0.4 is 5.69 Å². The molecule has 1 saturated heterocycles. The van der Waals surface area contributed by atoms with Gasteiger partial charge in [-0.25, -0.2) is 4.79 Å². The van der Waals surface area contributed by atoms with Gasteiger partial charge in [0.25, 0.3) is 0 Å². The summed E-state index contributed by atoms with van der Waals surface area (Å²) in [4.78, 5) is 32.9. The van der Waals surface area contributed by atoms with Crippen molar-refractivity contribution in [1.29, 1.82) is 0 Å². The number of likely N-dealkylation sites (tertiary alicyclic amines) is 1. The Morgan fingerprint density at radius 2 is 1.95 bits per heavy atom. The van der Waals surface area contributed by atoms with Crippen LogP contribution in [0.2, 0.25) is 0 Å². The van der Waals surface area contributed by atoms with Crippen LogP contribution in [0, 0.1) is 19.8 Å². The summed E-state index contributed by atoms with van der Waals surface area (Å²) in [5, 5.41) is 0. The molecule has 1 N–H and O–H groups in total. The first-order chi connectivity index (χ1) is 10.6. The van der Waals surface area contributed by atoms with E-state index in [-0.39, 0.29) is 11.6 Å². The summed E-state index contributed by atoms with van der Waals surface area (Å²) in [6, 6.07) is 0.436. The number of piperidine rings is 1. The van der Waals surface area contributed by atoms with Crippen molar-refractivity contribution in [2.75, 3.05) is 6.54 Å². The first-order valence-electron chi connectivity index (χ1n) is 8.42. The minimum Gasteiger partial charge on any atom is -0.339 e. The number of nitrogens with one attached hydrogen (secondary N) is 1. The average molecular weight is 303 g/mol. The number of carbonyl (C=O) groups excluding carboxylic acids is 1. The lowest BCUT2D eigenvalue weighted by molar-refractivity contribution is -0.136. The Balaban J connectivity index is 1.78. The second kappa shape index (κ2) is 6.23. The molecule has 0 radical (unpaired) electrons. The van der Waals surface area contributed by atoms with Gasteiger partial charge in [0, 0.05) is 29.5 Å². The summed E-state index contributed by atoms with van der Waals surface area (Å²) in [6.45, 7) is 4.54. The maximum absolute atomic E-state index is 12.8. The third-order valence-electron chi connectivity index (χ3n) is 5.34. The quantitative estimate of drug-likeness (QED) is 0.910. The van der Waals surface area contributed by atoms with Crippen molar-refractivity contribution >= 4 is 5.91 Å². The van der Waals surface area contributed by atoms with E-state index >= 15 is 0 Å². The van der Waals surface area contributed by atoms with Crippen LogP contribution in [0.25, 0.3) is 0 Å². The molecule has 2 aliphatic rings. The van der Waals surface area contributed by atoms with Crippen molar-refractivity contribution in [2.45, 2.75) is 64.8 Å². The number of aryl methyl sites for hydroxylation is 2. The number of rotatable bonds is 2. The Kier molecular flexibility index (Phi) is 4.32. The standard InChI is InChI=1S/C17H25N3O2/c1-11-14(12(2)19-17(22)18-11)10-16(21)20-9-5-7-13-6-3-4-8-15(13)20/h13,15H,3-10H2,1-2H3,(H,18,19,22)/t13-,15-/m0/s1. The molecular weight excluding hydrogens is 278 g/mol. The summed E-state index contributed by atoms with van der Waals surface area (Å²) in [7, 11) is 0. The van der Waals surface area contributed by atoms with Gasteiger partial charge in [0.05, 0.1) is 6.42 Å². The molecule has 0 aromatic carbocycles. The molecule has 1 aliphatic heterocycles. The van der Waals surface area contributed by atoms with Crippen LogP contribution >= 0.6 is 0 Å². The molecule has 5 heteroatoms. The predicted octanol–water partition coefficient (Wildman–Crippen LogP) is 2.11. The fourth-order valence-electron chi connectivity index (χ4n) is 4.20. The number of aromatic nitrogens is 2. The zero-order valence-electron chi connectivity index (χ0n) is 13.5. The van der Waals surface area contributed by atoms with Crippen LogP contribution in [0.3, 0.4) is 0 Å². The number of hydrogen-bond acceptors (Lipinski definition) is 3. The molecule has 1 aliphatic carbocycles. The number of nitrogens with zero attached hydrogens (tertiary/aromatic N) is 2. The first kappa shape index (κ1) is 15.3. The molecule has 2 atom stereocenters. The van der Waals surface area contributed by atoms with E-state index in [4.69, 9.17) is 0 Å². The predicted molar refractivity (Wildman–Crippen MR) is 84.7 cm³/mol. The molecule has 1 amide bonds. The number of amides is 1. The van der Waals surface area contributed by atoms with Crippen molar-refractivity contribution in [3.63, 3.8) is 0 Å². The van der Waals surface area contributed by atoms with Gasteiger partial charge in [-0.2, -0.15) is 4.98 Å². The second-order valence-electron chi connectivity index (χ2n) is 6.75. The highest BCUT2D eigenvalue weighted by molar-refractivity contribution is 5.79. The van der Waals surface area contributed by atoms with E-state index < -0.39 is 0 Å². The Hall–Kier alpha value is -1.65. The van der Waals surface area contributed by atoms with Crippen LogP contribution in [-0.4, -0.2) is 33.4 Å². The minimum atomic E-state index is -0.337. The highest BCUT2D eigenvalue weighted by Gasteiger charge is 2.35. The Bertz CT molecular complexity index is 595. The molecule has 5 nitrogen and oxygen atoms in total.